The molecule has 154 valence electrons. The van der Waals surface area contributed by atoms with Gasteiger partial charge in [-0.3, -0.25) is 9.59 Å². The highest BCUT2D eigenvalue weighted by Gasteiger charge is 2.11. The zero-order valence-electron chi connectivity index (χ0n) is 17.1. The van der Waals surface area contributed by atoms with Gasteiger partial charge >= 0.3 is 5.97 Å². The number of esters is 1. The number of benzene rings is 2. The van der Waals surface area contributed by atoms with Crippen molar-refractivity contribution in [2.24, 2.45) is 0 Å². The second kappa shape index (κ2) is 11.0. The van der Waals surface area contributed by atoms with Crippen molar-refractivity contribution in [3.05, 3.63) is 64.7 Å². The number of carbonyl (C=O) groups excluding carboxylic acids is 3. The first-order chi connectivity index (χ1) is 13.8. The molecule has 1 N–H and O–H groups in total. The summed E-state index contributed by atoms with van der Waals surface area (Å²) in [5.41, 5.74) is 3.65. The van der Waals surface area contributed by atoms with Crippen LogP contribution in [0, 0.1) is 13.8 Å². The lowest BCUT2D eigenvalue weighted by Gasteiger charge is -2.09. The quantitative estimate of drug-likeness (QED) is 0.378. The van der Waals surface area contributed by atoms with Crippen molar-refractivity contribution in [1.82, 2.24) is 5.32 Å². The zero-order valence-corrected chi connectivity index (χ0v) is 17.1. The van der Waals surface area contributed by atoms with Gasteiger partial charge in [-0.25, -0.2) is 4.79 Å². The van der Waals surface area contributed by atoms with Crippen molar-refractivity contribution in [2.45, 2.75) is 33.6 Å². The minimum atomic E-state index is -0.591. The van der Waals surface area contributed by atoms with E-state index >= 15 is 0 Å². The van der Waals surface area contributed by atoms with Gasteiger partial charge in [-0.1, -0.05) is 30.3 Å². The van der Waals surface area contributed by atoms with Crippen molar-refractivity contribution in [3.63, 3.8) is 0 Å². The molecule has 0 radical (unpaired) electrons. The van der Waals surface area contributed by atoms with Gasteiger partial charge in [-0.15, -0.1) is 0 Å². The first-order valence-corrected chi connectivity index (χ1v) is 9.57. The Morgan fingerprint density at radius 3 is 2.21 bits per heavy atom. The molecule has 0 saturated carbocycles. The first-order valence-electron chi connectivity index (χ1n) is 9.57. The SMILES string of the molecule is CC(=O)NCCCc1ccc(C(=O)COC(=O)COc2cc(C)cc(C)c2)cc1. The van der Waals surface area contributed by atoms with E-state index in [9.17, 15) is 14.4 Å². The molecule has 0 unspecified atom stereocenters. The van der Waals surface area contributed by atoms with Crippen LogP contribution in [0.3, 0.4) is 0 Å². The smallest absolute Gasteiger partial charge is 0.344 e. The molecule has 1 amide bonds. The van der Waals surface area contributed by atoms with Gasteiger partial charge in [0.15, 0.2) is 19.0 Å². The van der Waals surface area contributed by atoms with E-state index in [4.69, 9.17) is 9.47 Å². The standard InChI is InChI=1S/C23H27NO5/c1-16-11-17(2)13-21(12-16)28-15-23(27)29-14-22(26)20-8-6-19(7-9-20)5-4-10-24-18(3)25/h6-9,11-13H,4-5,10,14-15H2,1-3H3,(H,24,25). The van der Waals surface area contributed by atoms with Crippen LogP contribution in [-0.2, 0) is 20.7 Å². The maximum absolute atomic E-state index is 12.2. The fourth-order valence-electron chi connectivity index (χ4n) is 2.84. The highest BCUT2D eigenvalue weighted by molar-refractivity contribution is 5.98. The maximum atomic E-state index is 12.2. The zero-order chi connectivity index (χ0) is 21.2. The summed E-state index contributed by atoms with van der Waals surface area (Å²) in [4.78, 5) is 34.9. The molecule has 0 aliphatic carbocycles. The van der Waals surface area contributed by atoms with Gasteiger partial charge in [0.05, 0.1) is 0 Å². The molecule has 0 fully saturated rings. The maximum Gasteiger partial charge on any atom is 0.344 e. The minimum Gasteiger partial charge on any atom is -0.482 e. The van der Waals surface area contributed by atoms with E-state index in [1.807, 2.05) is 44.2 Å². The summed E-state index contributed by atoms with van der Waals surface area (Å²) in [5, 5.41) is 2.75. The van der Waals surface area contributed by atoms with Crippen molar-refractivity contribution in [2.75, 3.05) is 19.8 Å². The molecule has 0 heterocycles. The van der Waals surface area contributed by atoms with Gasteiger partial charge in [0.2, 0.25) is 5.91 Å². The van der Waals surface area contributed by atoms with E-state index in [2.05, 4.69) is 5.32 Å². The Labute approximate surface area is 171 Å². The molecule has 0 spiro atoms. The normalized spacial score (nSPS) is 10.3. The largest absolute Gasteiger partial charge is 0.482 e. The van der Waals surface area contributed by atoms with Crippen molar-refractivity contribution in [1.29, 1.82) is 0 Å². The third-order valence-corrected chi connectivity index (χ3v) is 4.21. The van der Waals surface area contributed by atoms with Gasteiger partial charge in [-0.05, 0) is 55.5 Å². The summed E-state index contributed by atoms with van der Waals surface area (Å²) in [6, 6.07) is 12.9. The minimum absolute atomic E-state index is 0.0418. The highest BCUT2D eigenvalue weighted by atomic mass is 16.6. The van der Waals surface area contributed by atoms with E-state index in [1.165, 1.54) is 6.92 Å². The summed E-state index contributed by atoms with van der Waals surface area (Å²) in [7, 11) is 0. The van der Waals surface area contributed by atoms with Crippen LogP contribution in [-0.4, -0.2) is 37.4 Å². The van der Waals surface area contributed by atoms with Crippen LogP contribution in [0.25, 0.3) is 0 Å². The molecule has 0 aromatic heterocycles. The third-order valence-electron chi connectivity index (χ3n) is 4.21. The van der Waals surface area contributed by atoms with Gasteiger partial charge < -0.3 is 14.8 Å². The third kappa shape index (κ3) is 8.17. The van der Waals surface area contributed by atoms with Gasteiger partial charge in [0.1, 0.15) is 5.75 Å². The molecule has 29 heavy (non-hydrogen) atoms. The fourth-order valence-corrected chi connectivity index (χ4v) is 2.84. The molecule has 0 saturated heterocycles. The number of rotatable bonds is 10. The lowest BCUT2D eigenvalue weighted by molar-refractivity contribution is -0.144. The Morgan fingerprint density at radius 1 is 0.931 bits per heavy atom. The number of ketones is 1. The van der Waals surface area contributed by atoms with Crippen molar-refractivity contribution in [3.8, 4) is 5.75 Å². The molecule has 6 heteroatoms. The second-order valence-corrected chi connectivity index (χ2v) is 6.98. The predicted octanol–water partition coefficient (Wildman–Crippen LogP) is 3.18. The molecule has 0 atom stereocenters. The van der Waals surface area contributed by atoms with E-state index in [0.717, 1.165) is 29.5 Å². The van der Waals surface area contributed by atoms with E-state index in [-0.39, 0.29) is 24.9 Å². The Kier molecular flexibility index (Phi) is 8.40. The molecule has 2 aromatic carbocycles. The summed E-state index contributed by atoms with van der Waals surface area (Å²) < 4.78 is 10.5. The summed E-state index contributed by atoms with van der Waals surface area (Å²) in [6.45, 7) is 5.44. The molecule has 2 rings (SSSR count). The number of carbonyl (C=O) groups is 3. The van der Waals surface area contributed by atoms with Crippen LogP contribution in [0.15, 0.2) is 42.5 Å². The number of nitrogens with one attached hydrogen (secondary N) is 1. The molecule has 0 bridgehead atoms. The van der Waals surface area contributed by atoms with Crippen LogP contribution < -0.4 is 10.1 Å². The molecule has 0 aliphatic rings. The Hall–Kier alpha value is -3.15. The summed E-state index contributed by atoms with van der Waals surface area (Å²) >= 11 is 0. The molecule has 0 aliphatic heterocycles. The lowest BCUT2D eigenvalue weighted by Crippen LogP contribution is -2.21. The lowest BCUT2D eigenvalue weighted by atomic mass is 10.1. The molecular formula is C23H27NO5. The number of hydrogen-bond donors (Lipinski definition) is 1. The van der Waals surface area contributed by atoms with E-state index in [1.54, 1.807) is 12.1 Å². The Bertz CT molecular complexity index is 838. The van der Waals surface area contributed by atoms with Crippen LogP contribution in [0.1, 0.15) is 40.4 Å². The molecule has 2 aromatic rings. The van der Waals surface area contributed by atoms with E-state index in [0.29, 0.717) is 17.9 Å². The van der Waals surface area contributed by atoms with Crippen molar-refractivity contribution >= 4 is 17.7 Å². The topological polar surface area (TPSA) is 81.7 Å². The number of amides is 1. The fraction of sp³-hybridized carbons (Fsp3) is 0.348. The van der Waals surface area contributed by atoms with Crippen LogP contribution >= 0.6 is 0 Å². The number of Topliss-reactive ketones (excluding diaryl/α,β-unsaturated/α-hetero) is 1. The van der Waals surface area contributed by atoms with Crippen LogP contribution in [0.4, 0.5) is 0 Å². The predicted molar refractivity (Wildman–Crippen MR) is 110 cm³/mol. The monoisotopic (exact) mass is 397 g/mol. The van der Waals surface area contributed by atoms with Crippen molar-refractivity contribution < 1.29 is 23.9 Å². The highest BCUT2D eigenvalue weighted by Crippen LogP contribution is 2.16. The molecule has 6 nitrogen and oxygen atoms in total. The number of ether oxygens (including phenoxy) is 2. The Morgan fingerprint density at radius 2 is 1.59 bits per heavy atom. The van der Waals surface area contributed by atoms with Crippen LogP contribution in [0.5, 0.6) is 5.75 Å². The first kappa shape index (κ1) is 22.1. The summed E-state index contributed by atoms with van der Waals surface area (Å²) in [5.74, 6) is -0.304. The van der Waals surface area contributed by atoms with Gasteiger partial charge in [-0.2, -0.15) is 0 Å². The average Bonchev–Trinajstić information content (AvgIpc) is 2.67. The van der Waals surface area contributed by atoms with Crippen LogP contribution in [0.2, 0.25) is 0 Å². The number of aryl methyl sites for hydroxylation is 3. The number of hydrogen-bond acceptors (Lipinski definition) is 5. The summed E-state index contributed by atoms with van der Waals surface area (Å²) in [6.07, 6.45) is 1.63. The van der Waals surface area contributed by atoms with Gasteiger partial charge in [0.25, 0.3) is 0 Å². The van der Waals surface area contributed by atoms with E-state index < -0.39 is 5.97 Å². The second-order valence-electron chi connectivity index (χ2n) is 6.98. The average molecular weight is 397 g/mol. The molecular weight excluding hydrogens is 370 g/mol. The Balaban J connectivity index is 1.73. The van der Waals surface area contributed by atoms with Gasteiger partial charge in [0, 0.05) is 19.0 Å².